The lowest BCUT2D eigenvalue weighted by atomic mass is 10.0. The Hall–Kier alpha value is -3.23. The number of H-pyrrole nitrogens is 1. The molecule has 4 aromatic rings. The Balaban J connectivity index is 1.76. The summed E-state index contributed by atoms with van der Waals surface area (Å²) in [7, 11) is 1.34. The summed E-state index contributed by atoms with van der Waals surface area (Å²) in [6.45, 7) is 1.78. The fourth-order valence-electron chi connectivity index (χ4n) is 3.76. The Morgan fingerprint density at radius 2 is 2.10 bits per heavy atom. The quantitative estimate of drug-likeness (QED) is 0.503. The number of aromatic nitrogens is 2. The van der Waals surface area contributed by atoms with E-state index in [9.17, 15) is 9.59 Å². The Morgan fingerprint density at radius 3 is 2.87 bits per heavy atom. The van der Waals surface area contributed by atoms with Crippen molar-refractivity contribution in [2.75, 3.05) is 7.11 Å². The van der Waals surface area contributed by atoms with E-state index in [0.29, 0.717) is 20.6 Å². The minimum absolute atomic E-state index is 0.170. The standard InChI is InChI=1S/C22H17N3O3S2/c1-12-18(21(27)28-2)19(16-8-5-9-29-16)25-20(26)17(30-22(25)24-12)10-13-11-23-15-7-4-3-6-14(13)15/h3-11,19,23H,1-2H3/b17-10-/t19-/m1/s1. The molecule has 6 nitrogen and oxygen atoms in total. The van der Waals surface area contributed by atoms with Crippen LogP contribution < -0.4 is 14.9 Å². The summed E-state index contributed by atoms with van der Waals surface area (Å²) in [5.41, 5.74) is 2.74. The molecule has 1 aliphatic rings. The number of nitrogens with one attached hydrogen (secondary N) is 1. The highest BCUT2D eigenvalue weighted by Crippen LogP contribution is 2.33. The number of fused-ring (bicyclic) bond motifs is 2. The van der Waals surface area contributed by atoms with E-state index in [1.807, 2.05) is 54.1 Å². The van der Waals surface area contributed by atoms with E-state index in [0.717, 1.165) is 21.3 Å². The number of thiophene rings is 1. The molecule has 0 amide bonds. The van der Waals surface area contributed by atoms with E-state index in [4.69, 9.17) is 4.74 Å². The van der Waals surface area contributed by atoms with Crippen molar-refractivity contribution in [1.82, 2.24) is 9.55 Å². The highest BCUT2D eigenvalue weighted by Gasteiger charge is 2.33. The maximum Gasteiger partial charge on any atom is 0.338 e. The zero-order chi connectivity index (χ0) is 20.8. The fourth-order valence-corrected chi connectivity index (χ4v) is 5.62. The van der Waals surface area contributed by atoms with Crippen LogP contribution >= 0.6 is 22.7 Å². The van der Waals surface area contributed by atoms with Gasteiger partial charge < -0.3 is 9.72 Å². The van der Waals surface area contributed by atoms with Crippen molar-refractivity contribution in [1.29, 1.82) is 0 Å². The molecule has 4 heterocycles. The lowest BCUT2D eigenvalue weighted by Gasteiger charge is -2.22. The number of carbonyl (C=O) groups is 1. The van der Waals surface area contributed by atoms with Gasteiger partial charge in [-0.15, -0.1) is 11.3 Å². The predicted molar refractivity (Wildman–Crippen MR) is 118 cm³/mol. The van der Waals surface area contributed by atoms with Crippen LogP contribution in [0, 0.1) is 0 Å². The molecule has 5 rings (SSSR count). The number of hydrogen-bond acceptors (Lipinski definition) is 6. The Bertz CT molecular complexity index is 1490. The van der Waals surface area contributed by atoms with Crippen molar-refractivity contribution < 1.29 is 9.53 Å². The number of carbonyl (C=O) groups excluding carboxylic acids is 1. The SMILES string of the molecule is COC(=O)C1=C(C)N=c2s/c(=C\c3c[nH]c4ccccc34)c(=O)n2[C@@H]1c1cccs1. The van der Waals surface area contributed by atoms with Crippen molar-refractivity contribution in [3.05, 3.63) is 89.4 Å². The lowest BCUT2D eigenvalue weighted by molar-refractivity contribution is -0.136. The van der Waals surface area contributed by atoms with Crippen LogP contribution in [0.5, 0.6) is 0 Å². The van der Waals surface area contributed by atoms with Gasteiger partial charge in [0.1, 0.15) is 6.04 Å². The van der Waals surface area contributed by atoms with E-state index >= 15 is 0 Å². The third kappa shape index (κ3) is 2.88. The second-order valence-corrected chi connectivity index (χ2v) is 8.87. The molecule has 8 heteroatoms. The van der Waals surface area contributed by atoms with Gasteiger partial charge in [0.25, 0.3) is 5.56 Å². The number of allylic oxidation sites excluding steroid dienone is 1. The van der Waals surface area contributed by atoms with E-state index in [1.54, 1.807) is 11.5 Å². The van der Waals surface area contributed by atoms with Crippen LogP contribution in [0.3, 0.4) is 0 Å². The maximum atomic E-state index is 13.4. The third-order valence-corrected chi connectivity index (χ3v) is 7.06. The number of hydrogen-bond donors (Lipinski definition) is 1. The van der Waals surface area contributed by atoms with Gasteiger partial charge in [-0.25, -0.2) is 9.79 Å². The number of nitrogens with zero attached hydrogens (tertiary/aromatic N) is 2. The summed E-state index contributed by atoms with van der Waals surface area (Å²) in [6.07, 6.45) is 3.77. The summed E-state index contributed by atoms with van der Waals surface area (Å²) in [5, 5.41) is 2.98. The highest BCUT2D eigenvalue weighted by molar-refractivity contribution is 7.10. The van der Waals surface area contributed by atoms with E-state index < -0.39 is 12.0 Å². The van der Waals surface area contributed by atoms with Gasteiger partial charge in [0.15, 0.2) is 4.80 Å². The molecule has 1 atom stereocenters. The molecule has 3 aromatic heterocycles. The first-order chi connectivity index (χ1) is 14.6. The third-order valence-electron chi connectivity index (χ3n) is 5.15. The Labute approximate surface area is 179 Å². The minimum Gasteiger partial charge on any atom is -0.466 e. The zero-order valence-electron chi connectivity index (χ0n) is 16.2. The largest absolute Gasteiger partial charge is 0.466 e. The van der Waals surface area contributed by atoms with Crippen molar-refractivity contribution in [2.24, 2.45) is 4.99 Å². The molecule has 0 saturated heterocycles. The predicted octanol–water partition coefficient (Wildman–Crippen LogP) is 2.95. The van der Waals surface area contributed by atoms with Gasteiger partial charge in [0.05, 0.1) is 22.9 Å². The van der Waals surface area contributed by atoms with Gasteiger partial charge >= 0.3 is 5.97 Å². The zero-order valence-corrected chi connectivity index (χ0v) is 17.8. The van der Waals surface area contributed by atoms with Gasteiger partial charge in [-0.3, -0.25) is 9.36 Å². The average molecular weight is 436 g/mol. The first kappa shape index (κ1) is 18.8. The number of aromatic amines is 1. The van der Waals surface area contributed by atoms with Crippen LogP contribution in [0.1, 0.15) is 23.4 Å². The number of thiazole rings is 1. The monoisotopic (exact) mass is 435 g/mol. The molecular formula is C22H17N3O3S2. The van der Waals surface area contributed by atoms with E-state index in [1.165, 1.54) is 29.8 Å². The van der Waals surface area contributed by atoms with Crippen LogP contribution in [0.2, 0.25) is 0 Å². The lowest BCUT2D eigenvalue weighted by Crippen LogP contribution is -2.39. The molecule has 0 bridgehead atoms. The van der Waals surface area contributed by atoms with E-state index in [2.05, 4.69) is 9.98 Å². The maximum absolute atomic E-state index is 13.4. The number of para-hydroxylation sites is 1. The first-order valence-electron chi connectivity index (χ1n) is 9.29. The van der Waals surface area contributed by atoms with Crippen LogP contribution in [0.4, 0.5) is 0 Å². The van der Waals surface area contributed by atoms with Gasteiger partial charge in [-0.2, -0.15) is 0 Å². The van der Waals surface area contributed by atoms with Crippen LogP contribution in [-0.2, 0) is 9.53 Å². The molecule has 30 heavy (non-hydrogen) atoms. The number of ether oxygens (including phenoxy) is 1. The normalized spacial score (nSPS) is 16.6. The summed E-state index contributed by atoms with van der Waals surface area (Å²) in [5.74, 6) is -0.472. The van der Waals surface area contributed by atoms with Crippen LogP contribution in [-0.4, -0.2) is 22.6 Å². The fraction of sp³-hybridized carbons (Fsp3) is 0.136. The summed E-state index contributed by atoms with van der Waals surface area (Å²) in [4.78, 5) is 35.3. The first-order valence-corrected chi connectivity index (χ1v) is 11.0. The summed E-state index contributed by atoms with van der Waals surface area (Å²) >= 11 is 2.83. The molecule has 0 saturated carbocycles. The molecule has 1 aromatic carbocycles. The number of methoxy groups -OCH3 is 1. The minimum atomic E-state index is -0.543. The summed E-state index contributed by atoms with van der Waals surface area (Å²) in [6, 6.07) is 11.2. The van der Waals surface area contributed by atoms with Crippen molar-refractivity contribution in [2.45, 2.75) is 13.0 Å². The molecule has 0 unspecified atom stereocenters. The van der Waals surface area contributed by atoms with Gasteiger partial charge in [0, 0.05) is 27.5 Å². The van der Waals surface area contributed by atoms with Crippen LogP contribution in [0.25, 0.3) is 17.0 Å². The molecular weight excluding hydrogens is 418 g/mol. The van der Waals surface area contributed by atoms with Crippen molar-refractivity contribution in [3.63, 3.8) is 0 Å². The summed E-state index contributed by atoms with van der Waals surface area (Å²) < 4.78 is 7.18. The van der Waals surface area contributed by atoms with Gasteiger partial charge in [-0.1, -0.05) is 35.6 Å². The Morgan fingerprint density at radius 1 is 1.27 bits per heavy atom. The average Bonchev–Trinajstić information content (AvgIpc) is 3.48. The smallest absolute Gasteiger partial charge is 0.338 e. The Kier molecular flexibility index (Phi) is 4.52. The van der Waals surface area contributed by atoms with E-state index in [-0.39, 0.29) is 5.56 Å². The number of rotatable bonds is 3. The number of benzene rings is 1. The molecule has 0 fully saturated rings. The topological polar surface area (TPSA) is 76.4 Å². The molecule has 0 radical (unpaired) electrons. The molecule has 0 spiro atoms. The molecule has 150 valence electrons. The second kappa shape index (κ2) is 7.23. The van der Waals surface area contributed by atoms with Crippen molar-refractivity contribution >= 4 is 45.6 Å². The molecule has 1 N–H and O–H groups in total. The second-order valence-electron chi connectivity index (χ2n) is 6.88. The van der Waals surface area contributed by atoms with Gasteiger partial charge in [0.2, 0.25) is 0 Å². The highest BCUT2D eigenvalue weighted by atomic mass is 32.1. The number of esters is 1. The van der Waals surface area contributed by atoms with Gasteiger partial charge in [-0.05, 0) is 30.5 Å². The molecule has 0 aliphatic carbocycles. The van der Waals surface area contributed by atoms with Crippen LogP contribution in [0.15, 0.2) is 69.0 Å². The molecule has 1 aliphatic heterocycles. The van der Waals surface area contributed by atoms with Crippen molar-refractivity contribution in [3.8, 4) is 0 Å².